The molecule has 0 aromatic heterocycles. The lowest BCUT2D eigenvalue weighted by Gasteiger charge is -2.24. The average Bonchev–Trinajstić information content (AvgIpc) is 2.27. The SMILES string of the molecule is C=C(CN(C)C(C)CC)C(C)=C=CCCC. The van der Waals surface area contributed by atoms with Crippen molar-refractivity contribution >= 4 is 0 Å². The molecule has 0 aliphatic rings. The van der Waals surface area contributed by atoms with Crippen molar-refractivity contribution in [2.75, 3.05) is 13.6 Å². The van der Waals surface area contributed by atoms with Gasteiger partial charge in [-0.25, -0.2) is 0 Å². The van der Waals surface area contributed by atoms with Crippen LogP contribution in [0.1, 0.15) is 47.0 Å². The standard InChI is InChI=1S/C15H27N/c1-7-9-10-11-13(3)14(4)12-16(6)15(5)8-2/h10,15H,4,7-9,12H2,1-3,5-6H3. The van der Waals surface area contributed by atoms with Crippen LogP contribution in [-0.2, 0) is 0 Å². The van der Waals surface area contributed by atoms with E-state index in [1.807, 2.05) is 0 Å². The van der Waals surface area contributed by atoms with Crippen LogP contribution in [0.25, 0.3) is 0 Å². The van der Waals surface area contributed by atoms with Gasteiger partial charge < -0.3 is 0 Å². The largest absolute Gasteiger partial charge is 0.299 e. The highest BCUT2D eigenvalue weighted by atomic mass is 15.1. The van der Waals surface area contributed by atoms with Crippen LogP contribution in [-0.4, -0.2) is 24.5 Å². The lowest BCUT2D eigenvalue weighted by Crippen LogP contribution is -2.30. The molecule has 0 aromatic rings. The van der Waals surface area contributed by atoms with Gasteiger partial charge in [0.2, 0.25) is 0 Å². The Bertz CT molecular complexity index is 269. The second kappa shape index (κ2) is 8.38. The van der Waals surface area contributed by atoms with Crippen LogP contribution in [0.5, 0.6) is 0 Å². The maximum Gasteiger partial charge on any atom is 0.0236 e. The summed E-state index contributed by atoms with van der Waals surface area (Å²) in [6.45, 7) is 13.8. The first kappa shape index (κ1) is 15.2. The van der Waals surface area contributed by atoms with Crippen molar-refractivity contribution in [2.45, 2.75) is 53.0 Å². The van der Waals surface area contributed by atoms with E-state index in [1.54, 1.807) is 0 Å². The number of unbranched alkanes of at least 4 members (excludes halogenated alkanes) is 1. The van der Waals surface area contributed by atoms with E-state index in [0.717, 1.165) is 13.0 Å². The molecule has 1 atom stereocenters. The highest BCUT2D eigenvalue weighted by molar-refractivity contribution is 5.26. The fourth-order valence-electron chi connectivity index (χ4n) is 1.36. The number of nitrogens with zero attached hydrogens (tertiary/aromatic N) is 1. The highest BCUT2D eigenvalue weighted by Crippen LogP contribution is 2.10. The van der Waals surface area contributed by atoms with Gasteiger partial charge in [0.15, 0.2) is 0 Å². The summed E-state index contributed by atoms with van der Waals surface area (Å²) in [4.78, 5) is 2.34. The van der Waals surface area contributed by atoms with Crippen molar-refractivity contribution in [1.29, 1.82) is 0 Å². The van der Waals surface area contributed by atoms with Crippen molar-refractivity contribution in [3.63, 3.8) is 0 Å². The topological polar surface area (TPSA) is 3.24 Å². The first-order valence-corrected chi connectivity index (χ1v) is 6.33. The lowest BCUT2D eigenvalue weighted by atomic mass is 10.1. The van der Waals surface area contributed by atoms with Gasteiger partial charge in [-0.2, -0.15) is 0 Å². The Hall–Kier alpha value is -0.780. The number of hydrogen-bond acceptors (Lipinski definition) is 1. The van der Waals surface area contributed by atoms with Crippen molar-refractivity contribution in [3.8, 4) is 0 Å². The highest BCUT2D eigenvalue weighted by Gasteiger charge is 2.08. The molecular formula is C15H27N. The molecule has 92 valence electrons. The van der Waals surface area contributed by atoms with E-state index in [-0.39, 0.29) is 0 Å². The van der Waals surface area contributed by atoms with E-state index < -0.39 is 0 Å². The monoisotopic (exact) mass is 221 g/mol. The number of rotatable bonds is 7. The van der Waals surface area contributed by atoms with E-state index in [9.17, 15) is 0 Å². The van der Waals surface area contributed by atoms with Gasteiger partial charge in [-0.05, 0) is 51.0 Å². The Morgan fingerprint density at radius 2 is 2.06 bits per heavy atom. The van der Waals surface area contributed by atoms with Crippen LogP contribution in [0.3, 0.4) is 0 Å². The maximum atomic E-state index is 4.13. The lowest BCUT2D eigenvalue weighted by molar-refractivity contribution is 0.273. The summed E-state index contributed by atoms with van der Waals surface area (Å²) in [5.74, 6) is 0. The summed E-state index contributed by atoms with van der Waals surface area (Å²) in [6.07, 6.45) is 5.58. The van der Waals surface area contributed by atoms with Crippen LogP contribution < -0.4 is 0 Å². The minimum atomic E-state index is 0.615. The third-order valence-corrected chi connectivity index (χ3v) is 3.07. The molecular weight excluding hydrogens is 194 g/mol. The molecule has 1 nitrogen and oxygen atoms in total. The second-order valence-corrected chi connectivity index (χ2v) is 4.54. The Morgan fingerprint density at radius 1 is 1.44 bits per heavy atom. The van der Waals surface area contributed by atoms with Crippen LogP contribution in [0.4, 0.5) is 0 Å². The van der Waals surface area contributed by atoms with Gasteiger partial charge in [-0.3, -0.25) is 4.90 Å². The zero-order valence-corrected chi connectivity index (χ0v) is 11.6. The normalized spacial score (nSPS) is 12.1. The van der Waals surface area contributed by atoms with Crippen molar-refractivity contribution < 1.29 is 0 Å². The summed E-state index contributed by atoms with van der Waals surface area (Å²) in [7, 11) is 2.16. The Morgan fingerprint density at radius 3 is 2.56 bits per heavy atom. The van der Waals surface area contributed by atoms with Crippen molar-refractivity contribution in [3.05, 3.63) is 29.5 Å². The van der Waals surface area contributed by atoms with Gasteiger partial charge in [0.25, 0.3) is 0 Å². The molecule has 0 heterocycles. The Labute approximate surface area is 102 Å². The minimum absolute atomic E-state index is 0.615. The van der Waals surface area contributed by atoms with Gasteiger partial charge in [-0.15, -0.1) is 5.73 Å². The number of hydrogen-bond donors (Lipinski definition) is 0. The van der Waals surface area contributed by atoms with Gasteiger partial charge in [0.05, 0.1) is 0 Å². The smallest absolute Gasteiger partial charge is 0.0236 e. The van der Waals surface area contributed by atoms with Crippen molar-refractivity contribution in [2.24, 2.45) is 0 Å². The fourth-order valence-corrected chi connectivity index (χ4v) is 1.36. The fraction of sp³-hybridized carbons (Fsp3) is 0.667. The molecule has 0 bridgehead atoms. The molecule has 0 aliphatic heterocycles. The van der Waals surface area contributed by atoms with E-state index in [2.05, 4.69) is 58.0 Å². The van der Waals surface area contributed by atoms with E-state index in [4.69, 9.17) is 0 Å². The molecule has 0 fully saturated rings. The van der Waals surface area contributed by atoms with E-state index in [1.165, 1.54) is 24.0 Å². The van der Waals surface area contributed by atoms with Crippen LogP contribution in [0.15, 0.2) is 29.5 Å². The van der Waals surface area contributed by atoms with Crippen LogP contribution in [0.2, 0.25) is 0 Å². The Kier molecular flexibility index (Phi) is 7.97. The molecule has 0 rings (SSSR count). The van der Waals surface area contributed by atoms with Crippen molar-refractivity contribution in [1.82, 2.24) is 4.90 Å². The zero-order valence-electron chi connectivity index (χ0n) is 11.6. The first-order chi connectivity index (χ1) is 7.52. The quantitative estimate of drug-likeness (QED) is 0.460. The predicted octanol–water partition coefficient (Wildman–Crippen LogP) is 4.17. The minimum Gasteiger partial charge on any atom is -0.299 e. The molecule has 0 amide bonds. The summed E-state index contributed by atoms with van der Waals surface area (Å²) in [6, 6.07) is 0.615. The molecule has 0 radical (unpaired) electrons. The second-order valence-electron chi connectivity index (χ2n) is 4.54. The van der Waals surface area contributed by atoms with Gasteiger partial charge >= 0.3 is 0 Å². The maximum absolute atomic E-state index is 4.13. The molecule has 0 aliphatic carbocycles. The zero-order chi connectivity index (χ0) is 12.6. The average molecular weight is 221 g/mol. The molecule has 0 spiro atoms. The van der Waals surface area contributed by atoms with Gasteiger partial charge in [0.1, 0.15) is 0 Å². The third-order valence-electron chi connectivity index (χ3n) is 3.07. The predicted molar refractivity (Wildman–Crippen MR) is 73.7 cm³/mol. The first-order valence-electron chi connectivity index (χ1n) is 6.33. The van der Waals surface area contributed by atoms with E-state index >= 15 is 0 Å². The van der Waals surface area contributed by atoms with Gasteiger partial charge in [-0.1, -0.05) is 26.8 Å². The third kappa shape index (κ3) is 5.95. The summed E-state index contributed by atoms with van der Waals surface area (Å²) < 4.78 is 0. The molecule has 0 saturated carbocycles. The summed E-state index contributed by atoms with van der Waals surface area (Å²) in [5, 5.41) is 0. The summed E-state index contributed by atoms with van der Waals surface area (Å²) in [5.41, 5.74) is 5.67. The molecule has 0 aromatic carbocycles. The Balaban J connectivity index is 4.30. The van der Waals surface area contributed by atoms with Gasteiger partial charge in [0, 0.05) is 12.6 Å². The molecule has 0 saturated heterocycles. The molecule has 1 unspecified atom stereocenters. The molecule has 0 N–H and O–H groups in total. The summed E-state index contributed by atoms with van der Waals surface area (Å²) >= 11 is 0. The number of likely N-dealkylation sites (N-methyl/N-ethyl adjacent to an activating group) is 1. The van der Waals surface area contributed by atoms with E-state index in [0.29, 0.717) is 6.04 Å². The molecule has 1 heteroatoms. The molecule has 16 heavy (non-hydrogen) atoms. The van der Waals surface area contributed by atoms with Crippen LogP contribution >= 0.6 is 0 Å². The van der Waals surface area contributed by atoms with Crippen LogP contribution in [0, 0.1) is 0 Å².